The Balaban J connectivity index is 2.48. The van der Waals surface area contributed by atoms with E-state index in [0.29, 0.717) is 5.58 Å². The molecule has 0 amide bonds. The fourth-order valence-corrected chi connectivity index (χ4v) is 1.27. The minimum absolute atomic E-state index is 0.0309. The van der Waals surface area contributed by atoms with Gasteiger partial charge < -0.3 is 13.9 Å². The predicted octanol–water partition coefficient (Wildman–Crippen LogP) is 1.78. The number of ether oxygens (including phenoxy) is 2. The molecule has 1 aromatic heterocycles. The summed E-state index contributed by atoms with van der Waals surface area (Å²) in [6.07, 6.45) is 0. The van der Waals surface area contributed by atoms with E-state index in [-0.39, 0.29) is 12.5 Å². The van der Waals surface area contributed by atoms with Gasteiger partial charge in [-0.3, -0.25) is 0 Å². The van der Waals surface area contributed by atoms with Crippen LogP contribution in [0.5, 0.6) is 5.75 Å². The normalized spacial score (nSPS) is 10.5. The zero-order valence-electron chi connectivity index (χ0n) is 8.23. The molecule has 0 spiro atoms. The zero-order valence-corrected chi connectivity index (χ0v) is 8.23. The van der Waals surface area contributed by atoms with Gasteiger partial charge in [0.05, 0.1) is 0 Å². The van der Waals surface area contributed by atoms with Crippen molar-refractivity contribution < 1.29 is 13.9 Å². The topological polar surface area (TPSA) is 48.7 Å². The highest BCUT2D eigenvalue weighted by Gasteiger charge is 2.04. The second-order valence-electron chi connectivity index (χ2n) is 2.99. The van der Waals surface area contributed by atoms with Gasteiger partial charge in [-0.25, -0.2) is 4.79 Å². The smallest absolute Gasteiger partial charge is 0.379 e. The number of hydrogen-bond donors (Lipinski definition) is 0. The number of rotatable bonds is 3. The van der Waals surface area contributed by atoms with Crippen LogP contribution in [0.3, 0.4) is 0 Å². The van der Waals surface area contributed by atoms with Crippen LogP contribution in [0.4, 0.5) is 0 Å². The molecular weight excluding hydrogens is 196 g/mol. The van der Waals surface area contributed by atoms with Crippen LogP contribution < -0.4 is 10.4 Å². The van der Waals surface area contributed by atoms with Crippen molar-refractivity contribution in [1.82, 2.24) is 0 Å². The Bertz CT molecular complexity index is 515. The van der Waals surface area contributed by atoms with Crippen LogP contribution in [-0.2, 0) is 4.74 Å². The van der Waals surface area contributed by atoms with E-state index in [1.165, 1.54) is 7.11 Å². The van der Waals surface area contributed by atoms with Crippen LogP contribution >= 0.6 is 0 Å². The summed E-state index contributed by atoms with van der Waals surface area (Å²) in [5.74, 6) is 0.163. The standard InChI is InChI=1S/C11H10O4/c1-13-7-14-10-6-8-4-2-3-5-9(8)15-11(10)12/h2-6H,7H2,1H3. The highest BCUT2D eigenvalue weighted by atomic mass is 16.7. The molecule has 1 aromatic carbocycles. The van der Waals surface area contributed by atoms with E-state index < -0.39 is 5.63 Å². The van der Waals surface area contributed by atoms with E-state index in [1.807, 2.05) is 12.1 Å². The molecule has 0 saturated heterocycles. The van der Waals surface area contributed by atoms with Gasteiger partial charge in [-0.1, -0.05) is 18.2 Å². The maximum absolute atomic E-state index is 11.4. The minimum atomic E-state index is -0.495. The van der Waals surface area contributed by atoms with Crippen molar-refractivity contribution in [2.75, 3.05) is 13.9 Å². The van der Waals surface area contributed by atoms with E-state index in [0.717, 1.165) is 5.39 Å². The van der Waals surface area contributed by atoms with Crippen molar-refractivity contribution in [3.8, 4) is 5.75 Å². The first-order valence-corrected chi connectivity index (χ1v) is 4.46. The monoisotopic (exact) mass is 206 g/mol. The van der Waals surface area contributed by atoms with Gasteiger partial charge in [0.15, 0.2) is 6.79 Å². The lowest BCUT2D eigenvalue weighted by Crippen LogP contribution is -2.08. The molecule has 0 aliphatic rings. The summed E-state index contributed by atoms with van der Waals surface area (Å²) in [6, 6.07) is 8.89. The van der Waals surface area contributed by atoms with Crippen LogP contribution in [0.15, 0.2) is 39.5 Å². The van der Waals surface area contributed by atoms with Gasteiger partial charge in [0.2, 0.25) is 5.75 Å². The highest BCUT2D eigenvalue weighted by Crippen LogP contribution is 2.16. The summed E-state index contributed by atoms with van der Waals surface area (Å²) in [5, 5.41) is 0.822. The summed E-state index contributed by atoms with van der Waals surface area (Å²) in [4.78, 5) is 11.4. The average Bonchev–Trinajstić information content (AvgIpc) is 2.26. The lowest BCUT2D eigenvalue weighted by atomic mass is 10.2. The zero-order chi connectivity index (χ0) is 10.7. The average molecular weight is 206 g/mol. The quantitative estimate of drug-likeness (QED) is 0.567. The molecular formula is C11H10O4. The van der Waals surface area contributed by atoms with Gasteiger partial charge in [-0.15, -0.1) is 0 Å². The van der Waals surface area contributed by atoms with Crippen LogP contribution in [0.2, 0.25) is 0 Å². The van der Waals surface area contributed by atoms with Gasteiger partial charge in [0, 0.05) is 12.5 Å². The fraction of sp³-hybridized carbons (Fsp3) is 0.182. The largest absolute Gasteiger partial charge is 0.460 e. The van der Waals surface area contributed by atoms with Crippen molar-refractivity contribution >= 4 is 11.0 Å². The molecule has 0 saturated carbocycles. The van der Waals surface area contributed by atoms with Crippen molar-refractivity contribution in [1.29, 1.82) is 0 Å². The minimum Gasteiger partial charge on any atom is -0.460 e. The van der Waals surface area contributed by atoms with Crippen molar-refractivity contribution in [3.63, 3.8) is 0 Å². The fourth-order valence-electron chi connectivity index (χ4n) is 1.27. The third kappa shape index (κ3) is 1.99. The Morgan fingerprint density at radius 2 is 2.13 bits per heavy atom. The van der Waals surface area contributed by atoms with Crippen LogP contribution in [0.1, 0.15) is 0 Å². The number of benzene rings is 1. The second-order valence-corrected chi connectivity index (χ2v) is 2.99. The van der Waals surface area contributed by atoms with E-state index in [1.54, 1.807) is 18.2 Å². The number of methoxy groups -OCH3 is 1. The summed E-state index contributed by atoms with van der Waals surface area (Å²) in [6.45, 7) is 0.0309. The summed E-state index contributed by atoms with van der Waals surface area (Å²) >= 11 is 0. The first-order valence-electron chi connectivity index (χ1n) is 4.46. The van der Waals surface area contributed by atoms with E-state index in [9.17, 15) is 4.79 Å². The van der Waals surface area contributed by atoms with Crippen molar-refractivity contribution in [3.05, 3.63) is 40.8 Å². The lowest BCUT2D eigenvalue weighted by Gasteiger charge is -2.03. The maximum atomic E-state index is 11.4. The van der Waals surface area contributed by atoms with Crippen molar-refractivity contribution in [2.24, 2.45) is 0 Å². The second kappa shape index (κ2) is 4.14. The van der Waals surface area contributed by atoms with Gasteiger partial charge >= 0.3 is 5.63 Å². The highest BCUT2D eigenvalue weighted by molar-refractivity contribution is 5.77. The van der Waals surface area contributed by atoms with Crippen molar-refractivity contribution in [2.45, 2.75) is 0 Å². The molecule has 0 atom stereocenters. The maximum Gasteiger partial charge on any atom is 0.379 e. The summed E-state index contributed by atoms with van der Waals surface area (Å²) in [7, 11) is 1.49. The molecule has 0 bridgehead atoms. The van der Waals surface area contributed by atoms with Gasteiger partial charge in [-0.05, 0) is 12.1 Å². The molecule has 0 N–H and O–H groups in total. The molecule has 1 heterocycles. The number of para-hydroxylation sites is 1. The molecule has 0 aliphatic carbocycles. The molecule has 2 aromatic rings. The number of hydrogen-bond acceptors (Lipinski definition) is 4. The van der Waals surface area contributed by atoms with E-state index in [4.69, 9.17) is 13.9 Å². The molecule has 2 rings (SSSR count). The SMILES string of the molecule is COCOc1cc2ccccc2oc1=O. The Hall–Kier alpha value is -1.81. The molecule has 15 heavy (non-hydrogen) atoms. The molecule has 4 heteroatoms. The molecule has 0 radical (unpaired) electrons. The summed E-state index contributed by atoms with van der Waals surface area (Å²) < 4.78 is 14.8. The Morgan fingerprint density at radius 3 is 2.93 bits per heavy atom. The molecule has 0 aliphatic heterocycles. The Labute approximate surface area is 86.0 Å². The van der Waals surface area contributed by atoms with Gasteiger partial charge in [-0.2, -0.15) is 0 Å². The Morgan fingerprint density at radius 1 is 1.33 bits per heavy atom. The van der Waals surface area contributed by atoms with Crippen LogP contribution in [0.25, 0.3) is 11.0 Å². The van der Waals surface area contributed by atoms with Crippen LogP contribution in [0, 0.1) is 0 Å². The lowest BCUT2D eigenvalue weighted by molar-refractivity contribution is 0.0487. The first-order chi connectivity index (χ1) is 7.31. The van der Waals surface area contributed by atoms with Gasteiger partial charge in [0.25, 0.3) is 0 Å². The summed E-state index contributed by atoms with van der Waals surface area (Å²) in [5.41, 5.74) is 0.0537. The van der Waals surface area contributed by atoms with E-state index >= 15 is 0 Å². The molecule has 0 fully saturated rings. The molecule has 4 nitrogen and oxygen atoms in total. The first kappa shape index (κ1) is 9.73. The van der Waals surface area contributed by atoms with E-state index in [2.05, 4.69) is 0 Å². The van der Waals surface area contributed by atoms with Crippen LogP contribution in [-0.4, -0.2) is 13.9 Å². The Kier molecular flexibility index (Phi) is 2.69. The molecule has 0 unspecified atom stereocenters. The predicted molar refractivity (Wildman–Crippen MR) is 55.0 cm³/mol. The number of fused-ring (bicyclic) bond motifs is 1. The third-order valence-electron chi connectivity index (χ3n) is 1.94. The molecule has 78 valence electrons. The third-order valence-corrected chi connectivity index (χ3v) is 1.94. The van der Waals surface area contributed by atoms with Gasteiger partial charge in [0.1, 0.15) is 5.58 Å².